The number of nitrogens with zero attached hydrogens (tertiary/aromatic N) is 3. The van der Waals surface area contributed by atoms with Crippen molar-refractivity contribution in [3.05, 3.63) is 12.2 Å². The summed E-state index contributed by atoms with van der Waals surface area (Å²) >= 11 is 0. The predicted molar refractivity (Wildman–Crippen MR) is 70.6 cm³/mol. The monoisotopic (exact) mass is 238 g/mol. The Kier molecular flexibility index (Phi) is 4.69. The molecule has 2 N–H and O–H groups in total. The lowest BCUT2D eigenvalue weighted by Crippen LogP contribution is -2.31. The van der Waals surface area contributed by atoms with Gasteiger partial charge in [-0.1, -0.05) is 27.7 Å². The van der Waals surface area contributed by atoms with Crippen molar-refractivity contribution >= 4 is 0 Å². The summed E-state index contributed by atoms with van der Waals surface area (Å²) in [7, 11) is 0. The van der Waals surface area contributed by atoms with Gasteiger partial charge >= 0.3 is 0 Å². The van der Waals surface area contributed by atoms with Gasteiger partial charge in [0.05, 0.1) is 0 Å². The number of hydrogen-bond acceptors (Lipinski definition) is 3. The first-order valence-corrected chi connectivity index (χ1v) is 6.46. The van der Waals surface area contributed by atoms with Gasteiger partial charge in [-0.2, -0.15) is 5.10 Å². The third-order valence-electron chi connectivity index (χ3n) is 3.57. The third kappa shape index (κ3) is 4.11. The molecule has 0 aliphatic carbocycles. The SMILES string of the molecule is CCn1ncnc1CC(N)CC(C)C(C)(C)C. The van der Waals surface area contributed by atoms with Gasteiger partial charge in [0, 0.05) is 19.0 Å². The molecule has 2 unspecified atom stereocenters. The first-order chi connectivity index (χ1) is 7.84. The van der Waals surface area contributed by atoms with Crippen LogP contribution in [0.1, 0.15) is 46.9 Å². The minimum Gasteiger partial charge on any atom is -0.327 e. The van der Waals surface area contributed by atoms with Crippen LogP contribution in [-0.4, -0.2) is 20.8 Å². The number of aromatic nitrogens is 3. The molecule has 0 saturated heterocycles. The second-order valence-corrected chi connectivity index (χ2v) is 5.96. The molecule has 0 aromatic carbocycles. The highest BCUT2D eigenvalue weighted by molar-refractivity contribution is 4.90. The van der Waals surface area contributed by atoms with E-state index in [4.69, 9.17) is 5.73 Å². The van der Waals surface area contributed by atoms with Gasteiger partial charge < -0.3 is 5.73 Å². The highest BCUT2D eigenvalue weighted by atomic mass is 15.3. The summed E-state index contributed by atoms with van der Waals surface area (Å²) in [5, 5.41) is 4.17. The molecule has 0 amide bonds. The molecule has 4 nitrogen and oxygen atoms in total. The van der Waals surface area contributed by atoms with E-state index in [2.05, 4.69) is 44.7 Å². The molecule has 0 fully saturated rings. The van der Waals surface area contributed by atoms with Gasteiger partial charge in [0.1, 0.15) is 12.2 Å². The fourth-order valence-electron chi connectivity index (χ4n) is 1.84. The second-order valence-electron chi connectivity index (χ2n) is 5.96. The summed E-state index contributed by atoms with van der Waals surface area (Å²) < 4.78 is 1.92. The standard InChI is InChI=1S/C13H26N4/c1-6-17-12(15-9-16-17)8-11(14)7-10(2)13(3,4)5/h9-11H,6-8,14H2,1-5H3. The van der Waals surface area contributed by atoms with Crippen molar-refractivity contribution in [1.82, 2.24) is 14.8 Å². The van der Waals surface area contributed by atoms with E-state index >= 15 is 0 Å². The minimum atomic E-state index is 0.165. The molecular formula is C13H26N4. The Morgan fingerprint density at radius 2 is 2.06 bits per heavy atom. The van der Waals surface area contributed by atoms with Crippen LogP contribution in [0, 0.1) is 11.3 Å². The Bertz CT molecular complexity index is 337. The summed E-state index contributed by atoms with van der Waals surface area (Å²) in [4.78, 5) is 4.27. The molecule has 0 bridgehead atoms. The average Bonchev–Trinajstić information content (AvgIpc) is 2.63. The van der Waals surface area contributed by atoms with E-state index in [0.717, 1.165) is 25.2 Å². The molecule has 1 heterocycles. The summed E-state index contributed by atoms with van der Waals surface area (Å²) in [6, 6.07) is 0.165. The average molecular weight is 238 g/mol. The molecule has 0 aliphatic heterocycles. The van der Waals surface area contributed by atoms with Crippen LogP contribution in [0.3, 0.4) is 0 Å². The van der Waals surface area contributed by atoms with E-state index in [1.165, 1.54) is 0 Å². The Morgan fingerprint density at radius 3 is 2.59 bits per heavy atom. The van der Waals surface area contributed by atoms with Gasteiger partial charge in [0.25, 0.3) is 0 Å². The first kappa shape index (κ1) is 14.2. The van der Waals surface area contributed by atoms with Crippen LogP contribution in [0.5, 0.6) is 0 Å². The molecule has 1 rings (SSSR count). The Balaban J connectivity index is 2.53. The Morgan fingerprint density at radius 1 is 1.41 bits per heavy atom. The zero-order valence-corrected chi connectivity index (χ0v) is 11.8. The van der Waals surface area contributed by atoms with Crippen molar-refractivity contribution in [2.45, 2.75) is 60.0 Å². The van der Waals surface area contributed by atoms with E-state index in [9.17, 15) is 0 Å². The van der Waals surface area contributed by atoms with Crippen molar-refractivity contribution in [3.8, 4) is 0 Å². The van der Waals surface area contributed by atoms with Crippen molar-refractivity contribution in [2.75, 3.05) is 0 Å². The van der Waals surface area contributed by atoms with Crippen LogP contribution >= 0.6 is 0 Å². The number of nitrogens with two attached hydrogens (primary N) is 1. The zero-order chi connectivity index (χ0) is 13.1. The predicted octanol–water partition coefficient (Wildman–Crippen LogP) is 2.24. The Labute approximate surface area is 105 Å². The summed E-state index contributed by atoms with van der Waals surface area (Å²) in [6.45, 7) is 12.0. The van der Waals surface area contributed by atoms with Gasteiger partial charge in [-0.3, -0.25) is 4.68 Å². The van der Waals surface area contributed by atoms with Crippen molar-refractivity contribution in [1.29, 1.82) is 0 Å². The molecular weight excluding hydrogens is 212 g/mol. The topological polar surface area (TPSA) is 56.7 Å². The molecule has 0 aliphatic rings. The van der Waals surface area contributed by atoms with E-state index in [0.29, 0.717) is 11.3 Å². The zero-order valence-electron chi connectivity index (χ0n) is 11.8. The third-order valence-corrected chi connectivity index (χ3v) is 3.57. The highest BCUT2D eigenvalue weighted by Gasteiger charge is 2.22. The first-order valence-electron chi connectivity index (χ1n) is 6.46. The normalized spacial score (nSPS) is 15.9. The van der Waals surface area contributed by atoms with E-state index in [1.807, 2.05) is 4.68 Å². The van der Waals surface area contributed by atoms with Gasteiger partial charge in [0.15, 0.2) is 0 Å². The molecule has 0 saturated carbocycles. The maximum Gasteiger partial charge on any atom is 0.138 e. The largest absolute Gasteiger partial charge is 0.327 e. The molecule has 1 aromatic rings. The number of rotatable bonds is 5. The molecule has 4 heteroatoms. The van der Waals surface area contributed by atoms with Gasteiger partial charge in [0.2, 0.25) is 0 Å². The summed E-state index contributed by atoms with van der Waals surface area (Å²) in [6.07, 6.45) is 3.45. The van der Waals surface area contributed by atoms with Crippen molar-refractivity contribution in [3.63, 3.8) is 0 Å². The smallest absolute Gasteiger partial charge is 0.138 e. The van der Waals surface area contributed by atoms with Crippen LogP contribution in [0.4, 0.5) is 0 Å². The minimum absolute atomic E-state index is 0.165. The van der Waals surface area contributed by atoms with Crippen LogP contribution < -0.4 is 5.73 Å². The maximum absolute atomic E-state index is 6.20. The quantitative estimate of drug-likeness (QED) is 0.856. The molecule has 0 spiro atoms. The van der Waals surface area contributed by atoms with Gasteiger partial charge in [-0.05, 0) is 24.7 Å². The van der Waals surface area contributed by atoms with Crippen LogP contribution in [0.2, 0.25) is 0 Å². The highest BCUT2D eigenvalue weighted by Crippen LogP contribution is 2.29. The summed E-state index contributed by atoms with van der Waals surface area (Å²) in [5.41, 5.74) is 6.52. The van der Waals surface area contributed by atoms with Gasteiger partial charge in [-0.25, -0.2) is 4.98 Å². The number of aryl methyl sites for hydroxylation is 1. The van der Waals surface area contributed by atoms with E-state index in [1.54, 1.807) is 6.33 Å². The van der Waals surface area contributed by atoms with Crippen LogP contribution in [0.25, 0.3) is 0 Å². The second kappa shape index (κ2) is 5.63. The molecule has 0 radical (unpaired) electrons. The van der Waals surface area contributed by atoms with Crippen molar-refractivity contribution in [2.24, 2.45) is 17.1 Å². The van der Waals surface area contributed by atoms with Crippen LogP contribution in [0.15, 0.2) is 6.33 Å². The molecule has 2 atom stereocenters. The summed E-state index contributed by atoms with van der Waals surface area (Å²) in [5.74, 6) is 1.61. The lowest BCUT2D eigenvalue weighted by Gasteiger charge is -2.29. The molecule has 1 aromatic heterocycles. The van der Waals surface area contributed by atoms with Crippen molar-refractivity contribution < 1.29 is 0 Å². The van der Waals surface area contributed by atoms with Gasteiger partial charge in [-0.15, -0.1) is 0 Å². The fraction of sp³-hybridized carbons (Fsp3) is 0.846. The maximum atomic E-state index is 6.20. The Hall–Kier alpha value is -0.900. The molecule has 98 valence electrons. The number of hydrogen-bond donors (Lipinski definition) is 1. The fourth-order valence-corrected chi connectivity index (χ4v) is 1.84. The molecule has 17 heavy (non-hydrogen) atoms. The van der Waals surface area contributed by atoms with Crippen LogP contribution in [-0.2, 0) is 13.0 Å². The lowest BCUT2D eigenvalue weighted by atomic mass is 9.78. The van der Waals surface area contributed by atoms with E-state index < -0.39 is 0 Å². The lowest BCUT2D eigenvalue weighted by molar-refractivity contribution is 0.232. The van der Waals surface area contributed by atoms with E-state index in [-0.39, 0.29) is 6.04 Å².